The van der Waals surface area contributed by atoms with Crippen molar-refractivity contribution in [2.45, 2.75) is 195 Å². The number of aliphatic hydroxyl groups is 1. The fourth-order valence-corrected chi connectivity index (χ4v) is 12.8. The van der Waals surface area contributed by atoms with Crippen LogP contribution >= 0.6 is 11.6 Å². The standard InChI is InChI=1S/C31H43ClN6O3.C29H35N5O4.C28H31N5O4/c1-19(2)41-27-12-11-23(16-25(27)32)29(40)36-24(17-35-28(39)20(3)34)15-21-7-9-22(10-8-21)26-18-38(14-13-33)30(37-26)31(4,5)6;1-18(2)38-25-12-10-21(15-22(25)16-30)27(36)32-23(11-13-26(31)35)14-19-6-8-20(9-7-19)24-17-34(5)28(33-24)29(3,4)37;1-17(2)37-25-11-9-21(14-22(25)15-29)28(36)31-23(10-12-26(30)35)13-19-5-7-20(8-6-19)24-16-33(4)27(32-24)18(3)34/h7-12,16,18-20,24H,13-15,17,33-34H2,1-6H3,(H,35,39)(H,36,40);6-10,12,15,17-18,23,37H,11,13-14H2,1-5H3,(H2,31,35)(H,32,36);5-9,11,14,16-17,23H,10,12-13H2,1-4H3,(H2,30,35)(H,31,36)/t20-,24+;2*23-/m111/s1. The molecule has 0 aliphatic heterocycles. The second-order valence-corrected chi connectivity index (χ2v) is 31.4. The third kappa shape index (κ3) is 27.4. The number of ether oxygens (including phenoxy) is 3. The van der Waals surface area contributed by atoms with Gasteiger partial charge in [-0.1, -0.05) is 105 Å². The van der Waals surface area contributed by atoms with Gasteiger partial charge in [-0.2, -0.15) is 10.5 Å². The van der Waals surface area contributed by atoms with Crippen LogP contribution in [0.5, 0.6) is 17.2 Å². The molecule has 9 aromatic rings. The van der Waals surface area contributed by atoms with E-state index < -0.39 is 29.5 Å². The molecule has 13 N–H and O–H groups in total. The molecule has 9 rings (SSSR count). The van der Waals surface area contributed by atoms with E-state index in [9.17, 15) is 49.2 Å². The summed E-state index contributed by atoms with van der Waals surface area (Å²) in [5, 5.41) is 41.4. The number of imidazole rings is 3. The van der Waals surface area contributed by atoms with Gasteiger partial charge in [0.25, 0.3) is 17.7 Å². The number of ketones is 1. The first-order chi connectivity index (χ1) is 54.7. The highest BCUT2D eigenvalue weighted by atomic mass is 35.5. The van der Waals surface area contributed by atoms with Crippen molar-refractivity contribution >= 4 is 52.8 Å². The minimum atomic E-state index is -1.06. The Kier molecular flexibility index (Phi) is 32.9. The third-order valence-electron chi connectivity index (χ3n) is 18.1. The number of nitrogens with zero attached hydrogens (tertiary/aromatic N) is 8. The molecule has 0 aliphatic rings. The van der Waals surface area contributed by atoms with Crippen molar-refractivity contribution < 1.29 is 52.9 Å². The molecule has 0 saturated carbocycles. The molecule has 3 heterocycles. The Morgan fingerprint density at radius 2 is 0.914 bits per heavy atom. The monoisotopic (exact) mass is 1600 g/mol. The van der Waals surface area contributed by atoms with E-state index in [1.165, 1.54) is 19.1 Å². The highest BCUT2D eigenvalue weighted by Crippen LogP contribution is 2.31. The first-order valence-electron chi connectivity index (χ1n) is 38.5. The van der Waals surface area contributed by atoms with Crippen molar-refractivity contribution in [2.75, 3.05) is 13.1 Å². The number of hydrogen-bond donors (Lipinski definition) is 9. The summed E-state index contributed by atoms with van der Waals surface area (Å²) >= 11 is 6.35. The number of aromatic nitrogens is 6. The number of rotatable bonds is 34. The molecule has 0 fully saturated rings. The minimum Gasteiger partial charge on any atom is -0.490 e. The van der Waals surface area contributed by atoms with E-state index in [1.54, 1.807) is 85.6 Å². The molecule has 27 nitrogen and oxygen atoms in total. The quantitative estimate of drug-likeness (QED) is 0.0169. The first kappa shape index (κ1) is 91.2. The molecule has 6 amide bonds. The van der Waals surface area contributed by atoms with Crippen LogP contribution in [-0.4, -0.2) is 131 Å². The van der Waals surface area contributed by atoms with Crippen LogP contribution < -0.4 is 58.4 Å². The molecule has 0 saturated heterocycles. The van der Waals surface area contributed by atoms with E-state index in [2.05, 4.69) is 68.7 Å². The van der Waals surface area contributed by atoms with E-state index >= 15 is 0 Å². The van der Waals surface area contributed by atoms with Gasteiger partial charge in [0.15, 0.2) is 11.6 Å². The van der Waals surface area contributed by atoms with Crippen molar-refractivity contribution in [1.29, 1.82) is 10.5 Å². The van der Waals surface area contributed by atoms with Crippen LogP contribution in [0.1, 0.15) is 197 Å². The van der Waals surface area contributed by atoms with Gasteiger partial charge in [0.2, 0.25) is 17.7 Å². The van der Waals surface area contributed by atoms with Crippen molar-refractivity contribution in [1.82, 2.24) is 49.9 Å². The topological polar surface area (TPSA) is 421 Å². The summed E-state index contributed by atoms with van der Waals surface area (Å²) in [6.45, 7) is 25.6. The fraction of sp³-hybridized carbons (Fsp3) is 0.386. The molecule has 4 atom stereocenters. The average molecular weight is 1600 g/mol. The van der Waals surface area contributed by atoms with Gasteiger partial charge < -0.3 is 77.2 Å². The van der Waals surface area contributed by atoms with Gasteiger partial charge in [-0.3, -0.25) is 33.6 Å². The maximum Gasteiger partial charge on any atom is 0.251 e. The van der Waals surface area contributed by atoms with Gasteiger partial charge in [-0.15, -0.1) is 0 Å². The van der Waals surface area contributed by atoms with Gasteiger partial charge in [-0.05, 0) is 166 Å². The lowest BCUT2D eigenvalue weighted by Crippen LogP contribution is -2.48. The lowest BCUT2D eigenvalue weighted by atomic mass is 9.95. The predicted octanol–water partition coefficient (Wildman–Crippen LogP) is 11.2. The van der Waals surface area contributed by atoms with Gasteiger partial charge >= 0.3 is 0 Å². The predicted molar refractivity (Wildman–Crippen MR) is 447 cm³/mol. The zero-order valence-corrected chi connectivity index (χ0v) is 69.5. The highest BCUT2D eigenvalue weighted by molar-refractivity contribution is 6.32. The van der Waals surface area contributed by atoms with E-state index in [0.717, 1.165) is 50.6 Å². The Morgan fingerprint density at radius 3 is 1.28 bits per heavy atom. The third-order valence-corrected chi connectivity index (χ3v) is 18.3. The molecule has 3 aromatic heterocycles. The van der Waals surface area contributed by atoms with E-state index in [1.807, 2.05) is 134 Å². The summed E-state index contributed by atoms with van der Waals surface area (Å²) in [6.07, 6.45) is 7.88. The molecule has 614 valence electrons. The molecule has 0 radical (unpaired) electrons. The number of Topliss-reactive ketones (excluding diaryl/α,β-unsaturated/α-hetero) is 1. The van der Waals surface area contributed by atoms with Crippen LogP contribution in [0.25, 0.3) is 33.8 Å². The zero-order valence-electron chi connectivity index (χ0n) is 68.8. The second kappa shape index (κ2) is 41.9. The number of aryl methyl sites for hydroxylation is 2. The number of nitrogens with two attached hydrogens (primary N) is 4. The van der Waals surface area contributed by atoms with Crippen molar-refractivity contribution in [3.63, 3.8) is 0 Å². The van der Waals surface area contributed by atoms with Crippen LogP contribution in [0, 0.1) is 22.7 Å². The smallest absolute Gasteiger partial charge is 0.251 e. The van der Waals surface area contributed by atoms with Crippen molar-refractivity contribution in [3.05, 3.63) is 213 Å². The lowest BCUT2D eigenvalue weighted by Gasteiger charge is -2.21. The SMILES string of the molecule is CC(=O)c1nc(-c2ccc(C[C@@H](CCC(N)=O)NC(=O)c3ccc(OC(C)C)c(C#N)c3)cc2)cn1C.CC(C)Oc1ccc(C(=O)N[C@H](CCC(N)=O)Cc2ccc(-c3cn(C)c(C(C)(C)O)n3)cc2)cc1C#N.CC(C)Oc1ccc(C(=O)N[C@H](CNC(=O)[C@@H](C)N)Cc2ccc(-c3cn(CCN)c(C(C)(C)C)n3)cc2)cc1Cl. The summed E-state index contributed by atoms with van der Waals surface area (Å²) in [5.41, 5.74) is 30.6. The van der Waals surface area contributed by atoms with Crippen LogP contribution in [0.4, 0.5) is 0 Å². The largest absolute Gasteiger partial charge is 0.490 e. The first-order valence-corrected chi connectivity index (χ1v) is 38.9. The number of carbonyl (C=O) groups excluding carboxylic acids is 7. The van der Waals surface area contributed by atoms with Gasteiger partial charge in [-0.25, -0.2) is 15.0 Å². The minimum absolute atomic E-state index is 0.0429. The normalized spacial score (nSPS) is 12.3. The van der Waals surface area contributed by atoms with Crippen LogP contribution in [0.15, 0.2) is 146 Å². The molecule has 0 spiro atoms. The Labute approximate surface area is 683 Å². The molecule has 0 aliphatic carbocycles. The summed E-state index contributed by atoms with van der Waals surface area (Å²) < 4.78 is 22.6. The maximum absolute atomic E-state index is 13.1. The summed E-state index contributed by atoms with van der Waals surface area (Å²) in [4.78, 5) is 99.8. The average Bonchev–Trinajstić information content (AvgIpc) is 1.66. The van der Waals surface area contributed by atoms with Crippen LogP contribution in [-0.2, 0) is 65.3 Å². The van der Waals surface area contributed by atoms with E-state index in [0.29, 0.717) is 101 Å². The molecule has 0 bridgehead atoms. The molecular formula is C88H109ClN16O11. The van der Waals surface area contributed by atoms with Crippen molar-refractivity contribution in [2.24, 2.45) is 37.0 Å². The molecule has 6 aromatic carbocycles. The number of nitrogens with one attached hydrogen (secondary N) is 4. The fourth-order valence-electron chi connectivity index (χ4n) is 12.5. The Bertz CT molecular complexity index is 4980. The van der Waals surface area contributed by atoms with Crippen LogP contribution in [0.2, 0.25) is 5.02 Å². The highest BCUT2D eigenvalue weighted by Gasteiger charge is 2.27. The second-order valence-electron chi connectivity index (χ2n) is 31.0. The summed E-state index contributed by atoms with van der Waals surface area (Å²) in [5.74, 6) is 0.982. The molecule has 116 heavy (non-hydrogen) atoms. The van der Waals surface area contributed by atoms with E-state index in [4.69, 9.17) is 53.7 Å². The number of primary amides is 2. The van der Waals surface area contributed by atoms with Crippen molar-refractivity contribution in [3.8, 4) is 63.2 Å². The Balaban J connectivity index is 0.000000241. The number of nitriles is 2. The zero-order chi connectivity index (χ0) is 85.5. The molecule has 0 unspecified atom stereocenters. The maximum atomic E-state index is 13.1. The van der Waals surface area contributed by atoms with Gasteiger partial charge in [0, 0.05) is 123 Å². The molecule has 28 heteroatoms. The number of hydrogen-bond acceptors (Lipinski definition) is 18. The number of halogens is 1. The molecular weight excluding hydrogens is 1490 g/mol. The van der Waals surface area contributed by atoms with Gasteiger partial charge in [0.1, 0.15) is 46.6 Å². The number of amides is 6. The Hall–Kier alpha value is -12.0. The summed E-state index contributed by atoms with van der Waals surface area (Å²) in [6, 6.07) is 40.2. The van der Waals surface area contributed by atoms with Gasteiger partial charge in [0.05, 0.1) is 63.6 Å². The van der Waals surface area contributed by atoms with E-state index in [-0.39, 0.29) is 95.7 Å². The number of benzene rings is 6. The summed E-state index contributed by atoms with van der Waals surface area (Å²) in [7, 11) is 3.62. The Morgan fingerprint density at radius 1 is 0.534 bits per heavy atom. The lowest BCUT2D eigenvalue weighted by molar-refractivity contribution is -0.122. The van der Waals surface area contributed by atoms with Crippen LogP contribution in [0.3, 0.4) is 0 Å². The number of carbonyl (C=O) groups is 7.